The van der Waals surface area contributed by atoms with Gasteiger partial charge in [-0.05, 0) is 18.1 Å². The quantitative estimate of drug-likeness (QED) is 0.875. The van der Waals surface area contributed by atoms with Crippen molar-refractivity contribution in [1.29, 1.82) is 0 Å². The van der Waals surface area contributed by atoms with Gasteiger partial charge in [0.15, 0.2) is 0 Å². The van der Waals surface area contributed by atoms with Crippen molar-refractivity contribution >= 4 is 22.8 Å². The van der Waals surface area contributed by atoms with Gasteiger partial charge in [-0.25, -0.2) is 4.98 Å². The largest absolute Gasteiger partial charge is 0.347 e. The number of rotatable bonds is 5. The molecule has 1 unspecified atom stereocenters. The predicted molar refractivity (Wildman–Crippen MR) is 85.0 cm³/mol. The second kappa shape index (κ2) is 6.60. The van der Waals surface area contributed by atoms with E-state index in [1.807, 2.05) is 49.7 Å². The molecule has 118 valence electrons. The van der Waals surface area contributed by atoms with Crippen LogP contribution in [0.5, 0.6) is 0 Å². The van der Waals surface area contributed by atoms with Gasteiger partial charge in [0.25, 0.3) is 0 Å². The van der Waals surface area contributed by atoms with Crippen LogP contribution >= 0.6 is 0 Å². The van der Waals surface area contributed by atoms with Gasteiger partial charge in [0.2, 0.25) is 11.8 Å². The van der Waals surface area contributed by atoms with Crippen LogP contribution in [-0.4, -0.2) is 27.4 Å². The number of benzene rings is 1. The lowest BCUT2D eigenvalue weighted by Crippen LogP contribution is -2.49. The van der Waals surface area contributed by atoms with E-state index in [-0.39, 0.29) is 17.7 Å². The zero-order valence-corrected chi connectivity index (χ0v) is 13.4. The number of carbonyl (C=O) groups excluding carboxylic acids is 2. The molecule has 2 N–H and O–H groups in total. The Hall–Kier alpha value is -2.37. The Kier molecular flexibility index (Phi) is 4.80. The van der Waals surface area contributed by atoms with E-state index in [4.69, 9.17) is 0 Å². The van der Waals surface area contributed by atoms with Crippen molar-refractivity contribution in [3.8, 4) is 0 Å². The normalized spacial score (nSPS) is 12.4. The monoisotopic (exact) mass is 302 g/mol. The van der Waals surface area contributed by atoms with Gasteiger partial charge in [0.05, 0.1) is 17.6 Å². The van der Waals surface area contributed by atoms with E-state index < -0.39 is 6.04 Å². The van der Waals surface area contributed by atoms with Crippen molar-refractivity contribution in [2.75, 3.05) is 0 Å². The standard InChI is InChI=1S/C16H22N4O2/c1-10(2)15(18-11(3)21)16(22)17-9-14-19-12-7-5-6-8-13(12)20(14)4/h5-8,10,15H,9H2,1-4H3,(H,17,22)(H,18,21). The lowest BCUT2D eigenvalue weighted by Gasteiger charge is -2.20. The van der Waals surface area contributed by atoms with E-state index >= 15 is 0 Å². The van der Waals surface area contributed by atoms with Crippen molar-refractivity contribution in [1.82, 2.24) is 20.2 Å². The van der Waals surface area contributed by atoms with Crippen LogP contribution in [0.25, 0.3) is 11.0 Å². The van der Waals surface area contributed by atoms with E-state index in [9.17, 15) is 9.59 Å². The first-order valence-electron chi connectivity index (χ1n) is 7.35. The first-order valence-corrected chi connectivity index (χ1v) is 7.35. The van der Waals surface area contributed by atoms with Crippen LogP contribution in [0.2, 0.25) is 0 Å². The molecule has 0 fully saturated rings. The molecule has 0 aliphatic heterocycles. The molecule has 22 heavy (non-hydrogen) atoms. The molecule has 0 bridgehead atoms. The molecule has 6 nitrogen and oxygen atoms in total. The SMILES string of the molecule is CC(=O)NC(C(=O)NCc1nc2ccccc2n1C)C(C)C. The molecule has 1 aromatic carbocycles. The van der Waals surface area contributed by atoms with Crippen molar-refractivity contribution < 1.29 is 9.59 Å². The summed E-state index contributed by atoms with van der Waals surface area (Å²) >= 11 is 0. The third-order valence-electron chi connectivity index (χ3n) is 3.61. The fourth-order valence-electron chi connectivity index (χ4n) is 2.38. The van der Waals surface area contributed by atoms with Gasteiger partial charge >= 0.3 is 0 Å². The van der Waals surface area contributed by atoms with Crippen LogP contribution in [0.1, 0.15) is 26.6 Å². The van der Waals surface area contributed by atoms with E-state index in [0.29, 0.717) is 6.54 Å². The van der Waals surface area contributed by atoms with Crippen LogP contribution < -0.4 is 10.6 Å². The van der Waals surface area contributed by atoms with Gasteiger partial charge in [-0.15, -0.1) is 0 Å². The van der Waals surface area contributed by atoms with Crippen molar-refractivity contribution in [3.63, 3.8) is 0 Å². The van der Waals surface area contributed by atoms with Crippen LogP contribution in [0, 0.1) is 5.92 Å². The van der Waals surface area contributed by atoms with Crippen LogP contribution in [0.15, 0.2) is 24.3 Å². The third kappa shape index (κ3) is 3.44. The number of para-hydroxylation sites is 2. The van der Waals surface area contributed by atoms with Crippen molar-refractivity contribution in [2.45, 2.75) is 33.4 Å². The van der Waals surface area contributed by atoms with E-state index in [1.165, 1.54) is 6.92 Å². The van der Waals surface area contributed by atoms with Gasteiger partial charge in [-0.2, -0.15) is 0 Å². The topological polar surface area (TPSA) is 76.0 Å². The summed E-state index contributed by atoms with van der Waals surface area (Å²) in [5, 5.41) is 5.53. The third-order valence-corrected chi connectivity index (χ3v) is 3.61. The summed E-state index contributed by atoms with van der Waals surface area (Å²) in [6.07, 6.45) is 0. The average Bonchev–Trinajstić information content (AvgIpc) is 2.79. The average molecular weight is 302 g/mol. The Bertz CT molecular complexity index is 691. The molecule has 1 aromatic heterocycles. The summed E-state index contributed by atoms with van der Waals surface area (Å²) in [5.41, 5.74) is 1.92. The molecule has 2 amide bonds. The zero-order chi connectivity index (χ0) is 16.3. The number of fused-ring (bicyclic) bond motifs is 1. The highest BCUT2D eigenvalue weighted by molar-refractivity contribution is 5.87. The molecule has 0 spiro atoms. The Morgan fingerprint density at radius 1 is 1.27 bits per heavy atom. The maximum absolute atomic E-state index is 12.3. The number of nitrogens with zero attached hydrogens (tertiary/aromatic N) is 2. The van der Waals surface area contributed by atoms with Crippen molar-refractivity contribution in [2.24, 2.45) is 13.0 Å². The maximum Gasteiger partial charge on any atom is 0.243 e. The number of imidazole rings is 1. The van der Waals surface area contributed by atoms with Crippen LogP contribution in [0.4, 0.5) is 0 Å². The second-order valence-corrected chi connectivity index (χ2v) is 5.72. The predicted octanol–water partition coefficient (Wildman–Crippen LogP) is 1.35. The Labute approximate surface area is 129 Å². The van der Waals surface area contributed by atoms with Gasteiger partial charge in [0.1, 0.15) is 11.9 Å². The molecule has 1 atom stereocenters. The molecule has 0 saturated carbocycles. The highest BCUT2D eigenvalue weighted by Gasteiger charge is 2.23. The molecule has 1 heterocycles. The minimum absolute atomic E-state index is 0.0179. The molecule has 2 aromatic rings. The van der Waals surface area contributed by atoms with E-state index in [1.54, 1.807) is 0 Å². The first kappa shape index (κ1) is 16.0. The van der Waals surface area contributed by atoms with Crippen molar-refractivity contribution in [3.05, 3.63) is 30.1 Å². The Morgan fingerprint density at radius 2 is 1.95 bits per heavy atom. The van der Waals surface area contributed by atoms with E-state index in [0.717, 1.165) is 16.9 Å². The summed E-state index contributed by atoms with van der Waals surface area (Å²) < 4.78 is 1.96. The molecular weight excluding hydrogens is 280 g/mol. The summed E-state index contributed by atoms with van der Waals surface area (Å²) in [4.78, 5) is 28.0. The van der Waals surface area contributed by atoms with Gasteiger partial charge in [0, 0.05) is 14.0 Å². The smallest absolute Gasteiger partial charge is 0.243 e. The Balaban J connectivity index is 2.08. The second-order valence-electron chi connectivity index (χ2n) is 5.72. The van der Waals surface area contributed by atoms with Crippen LogP contribution in [0.3, 0.4) is 0 Å². The highest BCUT2D eigenvalue weighted by Crippen LogP contribution is 2.14. The number of amides is 2. The molecule has 2 rings (SSSR count). The number of hydrogen-bond acceptors (Lipinski definition) is 3. The molecule has 0 aliphatic rings. The van der Waals surface area contributed by atoms with Crippen LogP contribution in [-0.2, 0) is 23.2 Å². The first-order chi connectivity index (χ1) is 10.4. The van der Waals surface area contributed by atoms with Gasteiger partial charge < -0.3 is 15.2 Å². The molecule has 0 radical (unpaired) electrons. The minimum atomic E-state index is -0.535. The molecule has 0 saturated heterocycles. The number of nitrogens with one attached hydrogen (secondary N) is 2. The molecular formula is C16H22N4O2. The van der Waals surface area contributed by atoms with Gasteiger partial charge in [-0.3, -0.25) is 9.59 Å². The lowest BCUT2D eigenvalue weighted by atomic mass is 10.0. The highest BCUT2D eigenvalue weighted by atomic mass is 16.2. The zero-order valence-electron chi connectivity index (χ0n) is 13.4. The molecule has 6 heteroatoms. The fraction of sp³-hybridized carbons (Fsp3) is 0.438. The number of aryl methyl sites for hydroxylation is 1. The number of carbonyl (C=O) groups is 2. The Morgan fingerprint density at radius 3 is 2.55 bits per heavy atom. The molecule has 0 aliphatic carbocycles. The minimum Gasteiger partial charge on any atom is -0.347 e. The van der Waals surface area contributed by atoms with E-state index in [2.05, 4.69) is 15.6 Å². The number of aromatic nitrogens is 2. The summed E-state index contributed by atoms with van der Waals surface area (Å²) in [6.45, 7) is 5.53. The van der Waals surface area contributed by atoms with Gasteiger partial charge in [-0.1, -0.05) is 26.0 Å². The fourth-order valence-corrected chi connectivity index (χ4v) is 2.38. The summed E-state index contributed by atoms with van der Waals surface area (Å²) in [6, 6.07) is 7.28. The summed E-state index contributed by atoms with van der Waals surface area (Å²) in [5.74, 6) is 0.387. The summed E-state index contributed by atoms with van der Waals surface area (Å²) in [7, 11) is 1.92. The number of hydrogen-bond donors (Lipinski definition) is 2. The lowest BCUT2D eigenvalue weighted by molar-refractivity contribution is -0.129. The maximum atomic E-state index is 12.3.